The Morgan fingerprint density at radius 3 is 2.85 bits per heavy atom. The van der Waals surface area contributed by atoms with Gasteiger partial charge in [0.1, 0.15) is 11.9 Å². The van der Waals surface area contributed by atoms with Crippen LogP contribution in [0, 0.1) is 0 Å². The third-order valence-corrected chi connectivity index (χ3v) is 3.96. The molecule has 0 fully saturated rings. The number of rotatable bonds is 0. The van der Waals surface area contributed by atoms with Crippen molar-refractivity contribution in [2.75, 3.05) is 0 Å². The van der Waals surface area contributed by atoms with Gasteiger partial charge in [-0.05, 0) is 24.3 Å². The number of hydrogen-bond donors (Lipinski definition) is 0. The highest BCUT2D eigenvalue weighted by atomic mass is 16.5. The summed E-state index contributed by atoms with van der Waals surface area (Å²) < 4.78 is 6.23. The summed E-state index contributed by atoms with van der Waals surface area (Å²) in [4.78, 5) is 0. The van der Waals surface area contributed by atoms with Crippen molar-refractivity contribution in [3.05, 3.63) is 72.3 Å². The van der Waals surface area contributed by atoms with Gasteiger partial charge in [0.25, 0.3) is 0 Å². The van der Waals surface area contributed by atoms with Gasteiger partial charge in [-0.15, -0.1) is 0 Å². The van der Waals surface area contributed by atoms with Gasteiger partial charge in [-0.3, -0.25) is 0 Å². The summed E-state index contributed by atoms with van der Waals surface area (Å²) >= 11 is 0. The van der Waals surface area contributed by atoms with E-state index in [4.69, 9.17) is 4.74 Å². The van der Waals surface area contributed by atoms with Crippen molar-refractivity contribution >= 4 is 16.3 Å². The molecular formula is C19H16O. The zero-order valence-electron chi connectivity index (χ0n) is 11.3. The van der Waals surface area contributed by atoms with E-state index in [1.807, 2.05) is 0 Å². The molecule has 0 aromatic heterocycles. The third-order valence-electron chi connectivity index (χ3n) is 3.96. The van der Waals surface area contributed by atoms with E-state index in [1.165, 1.54) is 21.9 Å². The quantitative estimate of drug-likeness (QED) is 0.613. The maximum atomic E-state index is 6.23. The Morgan fingerprint density at radius 1 is 0.950 bits per heavy atom. The topological polar surface area (TPSA) is 9.23 Å². The first-order chi connectivity index (χ1) is 9.93. The van der Waals surface area contributed by atoms with Crippen molar-refractivity contribution in [3.8, 4) is 5.75 Å². The second kappa shape index (κ2) is 4.68. The highest BCUT2D eigenvalue weighted by Crippen LogP contribution is 2.43. The summed E-state index contributed by atoms with van der Waals surface area (Å²) in [6.07, 6.45) is 13.2. The normalized spacial score (nSPS) is 26.2. The average molecular weight is 260 g/mol. The highest BCUT2D eigenvalue weighted by Gasteiger charge is 2.27. The number of benzene rings is 2. The molecule has 0 radical (unpaired) electrons. The fourth-order valence-corrected chi connectivity index (χ4v) is 2.95. The lowest BCUT2D eigenvalue weighted by Crippen LogP contribution is -2.07. The third kappa shape index (κ3) is 1.78. The van der Waals surface area contributed by atoms with Crippen LogP contribution in [-0.2, 0) is 0 Å². The van der Waals surface area contributed by atoms with E-state index in [0.717, 1.165) is 18.6 Å². The predicted octanol–water partition coefficient (Wildman–Crippen LogP) is 4.89. The molecule has 1 atom stereocenters. The van der Waals surface area contributed by atoms with Gasteiger partial charge in [0.2, 0.25) is 0 Å². The molecule has 0 saturated heterocycles. The van der Waals surface area contributed by atoms with E-state index < -0.39 is 0 Å². The van der Waals surface area contributed by atoms with Gasteiger partial charge >= 0.3 is 0 Å². The second-order valence-electron chi connectivity index (χ2n) is 5.26. The van der Waals surface area contributed by atoms with Crippen LogP contribution >= 0.6 is 0 Å². The molecule has 1 unspecified atom stereocenters. The smallest absolute Gasteiger partial charge is 0.143 e. The summed E-state index contributed by atoms with van der Waals surface area (Å²) in [5.74, 6) is 1.03. The first kappa shape index (κ1) is 11.5. The molecule has 2 aliphatic rings. The molecular weight excluding hydrogens is 244 g/mol. The van der Waals surface area contributed by atoms with Gasteiger partial charge < -0.3 is 4.74 Å². The lowest BCUT2D eigenvalue weighted by atomic mass is 9.98. The molecule has 0 spiro atoms. The second-order valence-corrected chi connectivity index (χ2v) is 5.26. The Morgan fingerprint density at radius 2 is 1.85 bits per heavy atom. The van der Waals surface area contributed by atoms with Crippen molar-refractivity contribution in [3.63, 3.8) is 0 Å². The molecule has 1 aliphatic heterocycles. The molecule has 1 aliphatic carbocycles. The van der Waals surface area contributed by atoms with E-state index >= 15 is 0 Å². The zero-order valence-corrected chi connectivity index (χ0v) is 11.3. The SMILES string of the molecule is C1=C\CC/C=C\C2Oc3c(ccc4ccccc34)/C2=C/1. The van der Waals surface area contributed by atoms with Crippen LogP contribution in [0.15, 0.2) is 66.8 Å². The van der Waals surface area contributed by atoms with E-state index in [1.54, 1.807) is 0 Å². The predicted molar refractivity (Wildman–Crippen MR) is 83.9 cm³/mol. The zero-order chi connectivity index (χ0) is 13.4. The molecule has 1 heteroatoms. The van der Waals surface area contributed by atoms with Gasteiger partial charge in [-0.2, -0.15) is 0 Å². The van der Waals surface area contributed by atoms with Gasteiger partial charge in [0.15, 0.2) is 0 Å². The Bertz CT molecular complexity index is 749. The maximum Gasteiger partial charge on any atom is 0.143 e. The summed E-state index contributed by atoms with van der Waals surface area (Å²) in [6, 6.07) is 12.8. The maximum absolute atomic E-state index is 6.23. The average Bonchev–Trinajstić information content (AvgIpc) is 2.88. The van der Waals surface area contributed by atoms with Crippen LogP contribution in [0.2, 0.25) is 0 Å². The molecule has 2 aromatic rings. The van der Waals surface area contributed by atoms with Crippen molar-refractivity contribution in [1.82, 2.24) is 0 Å². The van der Waals surface area contributed by atoms with Crippen LogP contribution < -0.4 is 4.74 Å². The summed E-state index contributed by atoms with van der Waals surface area (Å²) in [6.45, 7) is 0. The van der Waals surface area contributed by atoms with Gasteiger partial charge in [0, 0.05) is 16.5 Å². The molecule has 20 heavy (non-hydrogen) atoms. The van der Waals surface area contributed by atoms with Crippen molar-refractivity contribution < 1.29 is 4.74 Å². The molecule has 0 bridgehead atoms. The lowest BCUT2D eigenvalue weighted by Gasteiger charge is -2.07. The molecule has 2 aromatic carbocycles. The Balaban J connectivity index is 1.94. The fraction of sp³-hybridized carbons (Fsp3) is 0.158. The minimum atomic E-state index is 0.0542. The Labute approximate surface area is 118 Å². The minimum absolute atomic E-state index is 0.0542. The standard InChI is InChI=1S/C19H16O/c1-2-4-10-16-17-13-12-14-8-6-7-9-15(14)19(17)20-18(16)11-5-3-1/h2,4-13,18H,1,3H2/b4-2-,11-5-,16-10-. The van der Waals surface area contributed by atoms with Crippen LogP contribution in [-0.4, -0.2) is 6.10 Å². The molecule has 0 N–H and O–H groups in total. The largest absolute Gasteiger partial charge is 0.480 e. The first-order valence-corrected chi connectivity index (χ1v) is 7.16. The van der Waals surface area contributed by atoms with Crippen LogP contribution in [0.25, 0.3) is 16.3 Å². The number of fused-ring (bicyclic) bond motifs is 5. The van der Waals surface area contributed by atoms with Crippen molar-refractivity contribution in [2.45, 2.75) is 18.9 Å². The summed E-state index contributed by atoms with van der Waals surface area (Å²) in [5, 5.41) is 2.44. The molecule has 0 saturated carbocycles. The minimum Gasteiger partial charge on any atom is -0.480 e. The van der Waals surface area contributed by atoms with E-state index in [0.29, 0.717) is 0 Å². The number of hydrogen-bond acceptors (Lipinski definition) is 1. The monoisotopic (exact) mass is 260 g/mol. The number of allylic oxidation sites excluding steroid dienone is 4. The lowest BCUT2D eigenvalue weighted by molar-refractivity contribution is 0.326. The molecule has 1 heterocycles. The molecule has 4 rings (SSSR count). The summed E-state index contributed by atoms with van der Waals surface area (Å²) in [5.41, 5.74) is 2.49. The van der Waals surface area contributed by atoms with Crippen molar-refractivity contribution in [2.24, 2.45) is 0 Å². The van der Waals surface area contributed by atoms with Gasteiger partial charge in [-0.1, -0.05) is 60.7 Å². The van der Waals surface area contributed by atoms with Crippen molar-refractivity contribution in [1.29, 1.82) is 0 Å². The van der Waals surface area contributed by atoms with Gasteiger partial charge in [-0.25, -0.2) is 0 Å². The molecule has 98 valence electrons. The van der Waals surface area contributed by atoms with Crippen LogP contribution in [0.1, 0.15) is 18.4 Å². The fourth-order valence-electron chi connectivity index (χ4n) is 2.95. The first-order valence-electron chi connectivity index (χ1n) is 7.16. The highest BCUT2D eigenvalue weighted by molar-refractivity contribution is 5.96. The van der Waals surface area contributed by atoms with Crippen LogP contribution in [0.5, 0.6) is 5.75 Å². The molecule has 0 amide bonds. The Kier molecular flexibility index (Phi) is 2.70. The van der Waals surface area contributed by atoms with E-state index in [2.05, 4.69) is 66.8 Å². The van der Waals surface area contributed by atoms with Gasteiger partial charge in [0.05, 0.1) is 0 Å². The summed E-state index contributed by atoms with van der Waals surface area (Å²) in [7, 11) is 0. The van der Waals surface area contributed by atoms with Crippen LogP contribution in [0.4, 0.5) is 0 Å². The number of ether oxygens (including phenoxy) is 1. The van der Waals surface area contributed by atoms with Crippen LogP contribution in [0.3, 0.4) is 0 Å². The van der Waals surface area contributed by atoms with E-state index in [9.17, 15) is 0 Å². The molecule has 1 nitrogen and oxygen atoms in total. The Hall–Kier alpha value is -2.28. The van der Waals surface area contributed by atoms with E-state index in [-0.39, 0.29) is 6.10 Å².